The van der Waals surface area contributed by atoms with Crippen molar-refractivity contribution in [2.24, 2.45) is 0 Å². The lowest BCUT2D eigenvalue weighted by atomic mass is 9.90. The molecule has 0 atom stereocenters. The molecule has 0 bridgehead atoms. The molecule has 2 nitrogen and oxygen atoms in total. The van der Waals surface area contributed by atoms with Crippen LogP contribution >= 0.6 is 11.6 Å². The van der Waals surface area contributed by atoms with E-state index in [1.165, 1.54) is 11.1 Å². The van der Waals surface area contributed by atoms with Gasteiger partial charge in [-0.3, -0.25) is 0 Å². The average Bonchev–Trinajstić information content (AvgIpc) is 2.45. The first kappa shape index (κ1) is 13.2. The molecule has 0 unspecified atom stereocenters. The Morgan fingerprint density at radius 2 is 1.95 bits per heavy atom. The summed E-state index contributed by atoms with van der Waals surface area (Å²) in [6.45, 7) is 0.511. The van der Waals surface area contributed by atoms with E-state index < -0.39 is 0 Å². The fraction of sp³-hybridized carbons (Fsp3) is 0.235. The number of aryl methyl sites for hydroxylation is 1. The predicted molar refractivity (Wildman–Crippen MR) is 82.0 cm³/mol. The number of fused-ring (bicyclic) bond motifs is 1. The molecule has 2 aromatic rings. The number of hydrogen-bond acceptors (Lipinski definition) is 2. The van der Waals surface area contributed by atoms with Gasteiger partial charge in [-0.15, -0.1) is 0 Å². The number of ether oxygens (including phenoxy) is 1. The Bertz CT molecular complexity index is 651. The van der Waals surface area contributed by atoms with Crippen LogP contribution in [0.15, 0.2) is 42.5 Å². The molecule has 0 amide bonds. The zero-order valence-corrected chi connectivity index (χ0v) is 11.9. The molecule has 0 radical (unpaired) electrons. The summed E-state index contributed by atoms with van der Waals surface area (Å²) < 4.78 is 5.82. The van der Waals surface area contributed by atoms with Crippen molar-refractivity contribution in [1.82, 2.24) is 0 Å². The third kappa shape index (κ3) is 3.02. The molecule has 0 aromatic heterocycles. The Kier molecular flexibility index (Phi) is 3.75. The summed E-state index contributed by atoms with van der Waals surface area (Å²) in [6, 6.07) is 13.9. The molecule has 0 heterocycles. The molecule has 0 saturated heterocycles. The van der Waals surface area contributed by atoms with Crippen LogP contribution in [0.2, 0.25) is 5.02 Å². The Morgan fingerprint density at radius 1 is 1.05 bits per heavy atom. The highest BCUT2D eigenvalue weighted by atomic mass is 35.5. The summed E-state index contributed by atoms with van der Waals surface area (Å²) in [5.41, 5.74) is 4.44. The second-order valence-corrected chi connectivity index (χ2v) is 5.57. The molecule has 2 aromatic carbocycles. The molecule has 0 spiro atoms. The van der Waals surface area contributed by atoms with Crippen molar-refractivity contribution in [2.45, 2.75) is 25.9 Å². The molecular weight excluding hydrogens is 270 g/mol. The van der Waals surface area contributed by atoms with Crippen LogP contribution in [0.3, 0.4) is 0 Å². The quantitative estimate of drug-likeness (QED) is 0.889. The summed E-state index contributed by atoms with van der Waals surface area (Å²) in [5.74, 6) is 0.860. The van der Waals surface area contributed by atoms with E-state index in [-0.39, 0.29) is 0 Å². The van der Waals surface area contributed by atoms with E-state index in [1.807, 2.05) is 30.3 Å². The van der Waals surface area contributed by atoms with E-state index in [4.69, 9.17) is 21.7 Å². The van der Waals surface area contributed by atoms with Gasteiger partial charge in [-0.05, 0) is 53.8 Å². The number of hydrogen-bond donors (Lipinski definition) is 1. The molecule has 1 aliphatic carbocycles. The summed E-state index contributed by atoms with van der Waals surface area (Å²) in [5, 5.41) is 8.52. The molecule has 0 saturated carbocycles. The number of halogens is 1. The predicted octanol–water partition coefficient (Wildman–Crippen LogP) is 4.43. The second-order valence-electron chi connectivity index (χ2n) is 5.13. The summed E-state index contributed by atoms with van der Waals surface area (Å²) >= 11 is 5.96. The van der Waals surface area contributed by atoms with Gasteiger partial charge in [-0.2, -0.15) is 0 Å². The first-order chi connectivity index (χ1) is 9.70. The SMILES string of the molecule is N=C1CCc2ccc(OCc3cccc(Cl)c3)cc2C1. The Balaban J connectivity index is 1.72. The fourth-order valence-corrected chi connectivity index (χ4v) is 2.71. The second kappa shape index (κ2) is 5.68. The lowest BCUT2D eigenvalue weighted by molar-refractivity contribution is 0.306. The Labute approximate surface area is 123 Å². The van der Waals surface area contributed by atoms with Crippen LogP contribution in [0.4, 0.5) is 0 Å². The highest BCUT2D eigenvalue weighted by molar-refractivity contribution is 6.30. The van der Waals surface area contributed by atoms with Crippen LogP contribution in [0, 0.1) is 5.41 Å². The van der Waals surface area contributed by atoms with Gasteiger partial charge in [0.15, 0.2) is 0 Å². The van der Waals surface area contributed by atoms with Crippen molar-refractivity contribution in [3.8, 4) is 5.75 Å². The largest absolute Gasteiger partial charge is 0.489 e. The molecule has 20 heavy (non-hydrogen) atoms. The van der Waals surface area contributed by atoms with E-state index in [0.29, 0.717) is 6.61 Å². The van der Waals surface area contributed by atoms with Crippen LogP contribution in [0.1, 0.15) is 23.1 Å². The minimum Gasteiger partial charge on any atom is -0.489 e. The van der Waals surface area contributed by atoms with Crippen molar-refractivity contribution in [3.63, 3.8) is 0 Å². The Hall–Kier alpha value is -1.80. The van der Waals surface area contributed by atoms with Crippen LogP contribution in [-0.2, 0) is 19.4 Å². The standard InChI is InChI=1S/C17H16ClNO/c18-15-3-1-2-12(8-15)11-20-17-7-5-13-4-6-16(19)9-14(13)10-17/h1-3,5,7-8,10,19H,4,6,9,11H2. The first-order valence-electron chi connectivity index (χ1n) is 6.76. The smallest absolute Gasteiger partial charge is 0.120 e. The lowest BCUT2D eigenvalue weighted by Crippen LogP contribution is -2.12. The van der Waals surface area contributed by atoms with E-state index in [2.05, 4.69) is 12.1 Å². The number of rotatable bonds is 3. The summed E-state index contributed by atoms with van der Waals surface area (Å²) in [7, 11) is 0. The highest BCUT2D eigenvalue weighted by Gasteiger charge is 2.13. The zero-order chi connectivity index (χ0) is 13.9. The van der Waals surface area contributed by atoms with Crippen molar-refractivity contribution in [2.75, 3.05) is 0 Å². The van der Waals surface area contributed by atoms with Crippen LogP contribution in [0.25, 0.3) is 0 Å². The maximum Gasteiger partial charge on any atom is 0.120 e. The maximum absolute atomic E-state index is 7.79. The van der Waals surface area contributed by atoms with E-state index in [0.717, 1.165) is 41.3 Å². The molecular formula is C17H16ClNO. The van der Waals surface area contributed by atoms with Gasteiger partial charge in [0.05, 0.1) is 0 Å². The van der Waals surface area contributed by atoms with E-state index >= 15 is 0 Å². The molecule has 0 aliphatic heterocycles. The normalized spacial score (nSPS) is 13.9. The van der Waals surface area contributed by atoms with E-state index in [1.54, 1.807) is 0 Å². The van der Waals surface area contributed by atoms with Crippen molar-refractivity contribution < 1.29 is 4.74 Å². The molecule has 1 aliphatic rings. The van der Waals surface area contributed by atoms with Crippen molar-refractivity contribution in [1.29, 1.82) is 5.41 Å². The molecule has 3 heteroatoms. The zero-order valence-electron chi connectivity index (χ0n) is 11.2. The van der Waals surface area contributed by atoms with Gasteiger partial charge >= 0.3 is 0 Å². The molecule has 1 N–H and O–H groups in total. The topological polar surface area (TPSA) is 33.1 Å². The van der Waals surface area contributed by atoms with Gasteiger partial charge in [0.1, 0.15) is 12.4 Å². The molecule has 0 fully saturated rings. The van der Waals surface area contributed by atoms with Crippen molar-refractivity contribution >= 4 is 17.3 Å². The van der Waals surface area contributed by atoms with Crippen LogP contribution < -0.4 is 4.74 Å². The minimum absolute atomic E-state index is 0.511. The first-order valence-corrected chi connectivity index (χ1v) is 7.14. The van der Waals surface area contributed by atoms with Gasteiger partial charge in [0.2, 0.25) is 0 Å². The molecule has 3 rings (SSSR count). The number of nitrogens with one attached hydrogen (secondary N) is 1. The van der Waals surface area contributed by atoms with Gasteiger partial charge < -0.3 is 10.1 Å². The lowest BCUT2D eigenvalue weighted by Gasteiger charge is -2.17. The van der Waals surface area contributed by atoms with Gasteiger partial charge in [-0.25, -0.2) is 0 Å². The fourth-order valence-electron chi connectivity index (χ4n) is 2.50. The van der Waals surface area contributed by atoms with Crippen molar-refractivity contribution in [3.05, 3.63) is 64.2 Å². The van der Waals surface area contributed by atoms with Crippen LogP contribution in [0.5, 0.6) is 5.75 Å². The molecule has 102 valence electrons. The Morgan fingerprint density at radius 3 is 2.80 bits per heavy atom. The number of benzene rings is 2. The summed E-state index contributed by atoms with van der Waals surface area (Å²) in [6.07, 6.45) is 2.61. The average molecular weight is 286 g/mol. The van der Waals surface area contributed by atoms with E-state index in [9.17, 15) is 0 Å². The van der Waals surface area contributed by atoms with Gasteiger partial charge in [0.25, 0.3) is 0 Å². The maximum atomic E-state index is 7.79. The highest BCUT2D eigenvalue weighted by Crippen LogP contribution is 2.25. The monoisotopic (exact) mass is 285 g/mol. The minimum atomic E-state index is 0.511. The third-order valence-corrected chi connectivity index (χ3v) is 3.81. The third-order valence-electron chi connectivity index (χ3n) is 3.57. The van der Waals surface area contributed by atoms with Gasteiger partial charge in [0, 0.05) is 17.2 Å². The van der Waals surface area contributed by atoms with Crippen LogP contribution in [-0.4, -0.2) is 5.71 Å². The van der Waals surface area contributed by atoms with Gasteiger partial charge in [-0.1, -0.05) is 29.8 Å². The summed E-state index contributed by atoms with van der Waals surface area (Å²) in [4.78, 5) is 0.